The first-order valence-corrected chi connectivity index (χ1v) is 9.06. The number of pyridine rings is 1. The van der Waals surface area contributed by atoms with Crippen LogP contribution in [0.2, 0.25) is 0 Å². The summed E-state index contributed by atoms with van der Waals surface area (Å²) in [4.78, 5) is 30.3. The highest BCUT2D eigenvalue weighted by atomic mass is 16.5. The predicted octanol–water partition coefficient (Wildman–Crippen LogP) is 3.59. The molecule has 2 aromatic rings. The van der Waals surface area contributed by atoms with Crippen molar-refractivity contribution in [3.05, 3.63) is 53.7 Å². The van der Waals surface area contributed by atoms with E-state index in [1.807, 2.05) is 42.2 Å². The summed E-state index contributed by atoms with van der Waals surface area (Å²) in [6.45, 7) is 5.61. The number of ketones is 1. The van der Waals surface area contributed by atoms with Crippen LogP contribution >= 0.6 is 0 Å². The third-order valence-electron chi connectivity index (χ3n) is 4.71. The van der Waals surface area contributed by atoms with Crippen molar-refractivity contribution < 1.29 is 14.3 Å². The molecule has 2 heterocycles. The van der Waals surface area contributed by atoms with E-state index in [0.29, 0.717) is 24.2 Å². The zero-order valence-corrected chi connectivity index (χ0v) is 15.3. The summed E-state index contributed by atoms with van der Waals surface area (Å²) in [5, 5.41) is 0. The number of aromatic nitrogens is 1. The molecule has 1 aromatic carbocycles. The fraction of sp³-hybridized carbons (Fsp3) is 0.381. The number of hydrogen-bond acceptors (Lipinski definition) is 4. The molecule has 26 heavy (non-hydrogen) atoms. The molecule has 136 valence electrons. The Morgan fingerprint density at radius 3 is 2.42 bits per heavy atom. The first-order valence-electron chi connectivity index (χ1n) is 9.06. The number of nitrogens with zero attached hydrogens (tertiary/aromatic N) is 2. The van der Waals surface area contributed by atoms with Gasteiger partial charge in [-0.1, -0.05) is 12.1 Å². The van der Waals surface area contributed by atoms with Crippen molar-refractivity contribution in [3.63, 3.8) is 0 Å². The number of likely N-dealkylation sites (N-methyl/N-ethyl adjacent to an activating group) is 1. The largest absolute Gasteiger partial charge is 0.376 e. The third kappa shape index (κ3) is 4.17. The van der Waals surface area contributed by atoms with Crippen molar-refractivity contribution in [2.24, 2.45) is 0 Å². The minimum atomic E-state index is -0.00380. The van der Waals surface area contributed by atoms with Gasteiger partial charge in [0.25, 0.3) is 5.91 Å². The minimum Gasteiger partial charge on any atom is -0.376 e. The standard InChI is InChI=1S/C21H24N2O3/c1-3-23(14-19-5-4-12-26-19)21(25)17-8-6-16(7-9-17)20-11-10-18(13-22-20)15(2)24/h6-11,13,19H,3-5,12,14H2,1-2H3/t19-/m1/s1. The molecule has 1 saturated heterocycles. The van der Waals surface area contributed by atoms with Gasteiger partial charge in [-0.25, -0.2) is 0 Å². The summed E-state index contributed by atoms with van der Waals surface area (Å²) in [7, 11) is 0. The second kappa shape index (κ2) is 8.23. The van der Waals surface area contributed by atoms with Crippen molar-refractivity contribution in [2.45, 2.75) is 32.8 Å². The Balaban J connectivity index is 1.71. The van der Waals surface area contributed by atoms with Crippen LogP contribution in [-0.4, -0.2) is 47.4 Å². The van der Waals surface area contributed by atoms with Gasteiger partial charge in [-0.15, -0.1) is 0 Å². The van der Waals surface area contributed by atoms with Gasteiger partial charge in [0, 0.05) is 42.6 Å². The van der Waals surface area contributed by atoms with E-state index in [1.165, 1.54) is 6.92 Å². The predicted molar refractivity (Wildman–Crippen MR) is 100 cm³/mol. The zero-order valence-electron chi connectivity index (χ0n) is 15.3. The molecule has 0 saturated carbocycles. The molecule has 0 unspecified atom stereocenters. The lowest BCUT2D eigenvalue weighted by atomic mass is 10.1. The molecule has 0 aliphatic carbocycles. The van der Waals surface area contributed by atoms with E-state index in [1.54, 1.807) is 12.3 Å². The Bertz CT molecular complexity index is 763. The molecule has 0 N–H and O–H groups in total. The summed E-state index contributed by atoms with van der Waals surface area (Å²) in [5.41, 5.74) is 2.95. The average molecular weight is 352 g/mol. The summed E-state index contributed by atoms with van der Waals surface area (Å²) in [6.07, 6.45) is 3.82. The number of carbonyl (C=O) groups excluding carboxylic acids is 2. The number of amides is 1. The van der Waals surface area contributed by atoms with E-state index < -0.39 is 0 Å². The molecule has 0 bridgehead atoms. The number of carbonyl (C=O) groups is 2. The molecule has 1 aliphatic heterocycles. The van der Waals surface area contributed by atoms with Crippen LogP contribution in [0.5, 0.6) is 0 Å². The van der Waals surface area contributed by atoms with Gasteiger partial charge in [0.15, 0.2) is 5.78 Å². The monoisotopic (exact) mass is 352 g/mol. The Morgan fingerprint density at radius 1 is 1.15 bits per heavy atom. The Hall–Kier alpha value is -2.53. The van der Waals surface area contributed by atoms with Crippen LogP contribution in [0.1, 0.15) is 47.4 Å². The van der Waals surface area contributed by atoms with Crippen molar-refractivity contribution in [1.29, 1.82) is 0 Å². The summed E-state index contributed by atoms with van der Waals surface area (Å²) in [6, 6.07) is 11.0. The second-order valence-corrected chi connectivity index (χ2v) is 6.54. The first-order chi connectivity index (χ1) is 12.6. The molecule has 1 atom stereocenters. The van der Waals surface area contributed by atoms with E-state index >= 15 is 0 Å². The van der Waals surface area contributed by atoms with E-state index in [2.05, 4.69) is 4.98 Å². The molecule has 0 radical (unpaired) electrons. The van der Waals surface area contributed by atoms with E-state index in [-0.39, 0.29) is 17.8 Å². The van der Waals surface area contributed by atoms with Crippen LogP contribution in [0.3, 0.4) is 0 Å². The fourth-order valence-electron chi connectivity index (χ4n) is 3.13. The highest BCUT2D eigenvalue weighted by Gasteiger charge is 2.22. The number of Topliss-reactive ketones (excluding diaryl/α,β-unsaturated/α-hetero) is 1. The van der Waals surface area contributed by atoms with Crippen LogP contribution in [0.4, 0.5) is 0 Å². The van der Waals surface area contributed by atoms with Gasteiger partial charge >= 0.3 is 0 Å². The van der Waals surface area contributed by atoms with Gasteiger partial charge < -0.3 is 9.64 Å². The zero-order chi connectivity index (χ0) is 18.5. The van der Waals surface area contributed by atoms with Gasteiger partial charge in [-0.05, 0) is 51.0 Å². The molecule has 1 aromatic heterocycles. The van der Waals surface area contributed by atoms with Crippen molar-refractivity contribution in [3.8, 4) is 11.3 Å². The quantitative estimate of drug-likeness (QED) is 0.746. The normalized spacial score (nSPS) is 16.5. The van der Waals surface area contributed by atoms with E-state index in [9.17, 15) is 9.59 Å². The maximum atomic E-state index is 12.7. The smallest absolute Gasteiger partial charge is 0.253 e. The van der Waals surface area contributed by atoms with Gasteiger partial charge in [0.05, 0.1) is 11.8 Å². The van der Waals surface area contributed by atoms with Crippen LogP contribution < -0.4 is 0 Å². The maximum Gasteiger partial charge on any atom is 0.253 e. The average Bonchev–Trinajstić information content (AvgIpc) is 3.19. The Labute approximate surface area is 154 Å². The van der Waals surface area contributed by atoms with Crippen LogP contribution in [0.15, 0.2) is 42.6 Å². The van der Waals surface area contributed by atoms with Crippen molar-refractivity contribution in [1.82, 2.24) is 9.88 Å². The highest BCUT2D eigenvalue weighted by molar-refractivity contribution is 5.95. The molecule has 0 spiro atoms. The van der Waals surface area contributed by atoms with Crippen LogP contribution in [0.25, 0.3) is 11.3 Å². The molecule has 1 aliphatic rings. The summed E-state index contributed by atoms with van der Waals surface area (Å²) in [5.74, 6) is 0.0188. The topological polar surface area (TPSA) is 59.5 Å². The van der Waals surface area contributed by atoms with Crippen LogP contribution in [0, 0.1) is 0 Å². The second-order valence-electron chi connectivity index (χ2n) is 6.54. The SMILES string of the molecule is CCN(C[C@H]1CCCO1)C(=O)c1ccc(-c2ccc(C(C)=O)cn2)cc1. The van der Waals surface area contributed by atoms with Gasteiger partial charge in [-0.2, -0.15) is 0 Å². The van der Waals surface area contributed by atoms with Crippen LogP contribution in [-0.2, 0) is 4.74 Å². The number of hydrogen-bond donors (Lipinski definition) is 0. The fourth-order valence-corrected chi connectivity index (χ4v) is 3.13. The van der Waals surface area contributed by atoms with E-state index in [4.69, 9.17) is 4.74 Å². The Morgan fingerprint density at radius 2 is 1.88 bits per heavy atom. The number of benzene rings is 1. The molecule has 5 nitrogen and oxygen atoms in total. The lowest BCUT2D eigenvalue weighted by molar-refractivity contribution is 0.0539. The van der Waals surface area contributed by atoms with E-state index in [0.717, 1.165) is 30.7 Å². The lowest BCUT2D eigenvalue weighted by Crippen LogP contribution is -2.37. The molecular weight excluding hydrogens is 328 g/mol. The minimum absolute atomic E-state index is 0.00380. The van der Waals surface area contributed by atoms with Crippen molar-refractivity contribution >= 4 is 11.7 Å². The first kappa shape index (κ1) is 18.3. The lowest BCUT2D eigenvalue weighted by Gasteiger charge is -2.24. The summed E-state index contributed by atoms with van der Waals surface area (Å²) < 4.78 is 5.65. The van der Waals surface area contributed by atoms with Gasteiger partial charge in [0.1, 0.15) is 0 Å². The number of rotatable bonds is 6. The molecule has 3 rings (SSSR count). The third-order valence-corrected chi connectivity index (χ3v) is 4.71. The number of ether oxygens (including phenoxy) is 1. The van der Waals surface area contributed by atoms with Gasteiger partial charge in [-0.3, -0.25) is 14.6 Å². The maximum absolute atomic E-state index is 12.7. The molecule has 1 amide bonds. The molecule has 5 heteroatoms. The van der Waals surface area contributed by atoms with Gasteiger partial charge in [0.2, 0.25) is 0 Å². The summed E-state index contributed by atoms with van der Waals surface area (Å²) >= 11 is 0. The molecule has 1 fully saturated rings. The molecular formula is C21H24N2O3. The highest BCUT2D eigenvalue weighted by Crippen LogP contribution is 2.20. The van der Waals surface area contributed by atoms with Crippen molar-refractivity contribution in [2.75, 3.05) is 19.7 Å². The Kier molecular flexibility index (Phi) is 5.78.